The summed E-state index contributed by atoms with van der Waals surface area (Å²) in [5, 5.41) is 0. The van der Waals surface area contributed by atoms with Gasteiger partial charge in [0.2, 0.25) is 0 Å². The lowest BCUT2D eigenvalue weighted by Gasteiger charge is -2.35. The number of hydrogen-bond acceptors (Lipinski definition) is 4. The summed E-state index contributed by atoms with van der Waals surface area (Å²) in [7, 11) is 3.81. The zero-order chi connectivity index (χ0) is 14.8. The van der Waals surface area contributed by atoms with Gasteiger partial charge in [-0.1, -0.05) is 0 Å². The van der Waals surface area contributed by atoms with Crippen LogP contribution in [0.15, 0.2) is 18.3 Å². The van der Waals surface area contributed by atoms with Crippen LogP contribution in [0.25, 0.3) is 0 Å². The molecule has 1 fully saturated rings. The molecule has 0 spiro atoms. The van der Waals surface area contributed by atoms with E-state index in [1.165, 1.54) is 12.3 Å². The molecule has 4 nitrogen and oxygen atoms in total. The van der Waals surface area contributed by atoms with Crippen LogP contribution in [-0.4, -0.2) is 56.3 Å². The lowest BCUT2D eigenvalue weighted by Crippen LogP contribution is -2.47. The minimum Gasteiger partial charge on any atom is -0.373 e. The summed E-state index contributed by atoms with van der Waals surface area (Å²) in [4.78, 5) is 7.53. The molecule has 1 atom stereocenters. The summed E-state index contributed by atoms with van der Waals surface area (Å²) < 4.78 is 44.6. The topological polar surface area (TPSA) is 28.6 Å². The molecule has 20 heavy (non-hydrogen) atoms. The molecule has 1 unspecified atom stereocenters. The van der Waals surface area contributed by atoms with Gasteiger partial charge in [0.1, 0.15) is 5.82 Å². The first-order valence-electron chi connectivity index (χ1n) is 6.41. The largest absolute Gasteiger partial charge is 0.419 e. The van der Waals surface area contributed by atoms with Gasteiger partial charge in [-0.3, -0.25) is 0 Å². The van der Waals surface area contributed by atoms with E-state index in [1.54, 1.807) is 4.90 Å². The Morgan fingerprint density at radius 3 is 2.85 bits per heavy atom. The SMILES string of the molecule is CN(C)CC1CN(c2ncccc2C(F)(F)F)CCO1. The molecule has 0 aromatic carbocycles. The smallest absolute Gasteiger partial charge is 0.373 e. The maximum atomic E-state index is 13.0. The number of ether oxygens (including phenoxy) is 1. The normalized spacial score (nSPS) is 20.5. The number of nitrogens with zero attached hydrogens (tertiary/aromatic N) is 3. The average Bonchev–Trinajstić information content (AvgIpc) is 2.37. The van der Waals surface area contributed by atoms with Gasteiger partial charge >= 0.3 is 6.18 Å². The van der Waals surface area contributed by atoms with E-state index < -0.39 is 11.7 Å². The number of alkyl halides is 3. The minimum absolute atomic E-state index is 0.00736. The van der Waals surface area contributed by atoms with Crippen molar-refractivity contribution in [2.24, 2.45) is 0 Å². The van der Waals surface area contributed by atoms with Gasteiger partial charge < -0.3 is 14.5 Å². The number of hydrogen-bond donors (Lipinski definition) is 0. The van der Waals surface area contributed by atoms with Crippen LogP contribution in [0.1, 0.15) is 5.56 Å². The van der Waals surface area contributed by atoms with Gasteiger partial charge in [-0.15, -0.1) is 0 Å². The van der Waals surface area contributed by atoms with Crippen molar-refractivity contribution in [1.29, 1.82) is 0 Å². The second-order valence-corrected chi connectivity index (χ2v) is 5.07. The van der Waals surface area contributed by atoms with Crippen LogP contribution in [0.2, 0.25) is 0 Å². The molecule has 0 saturated carbocycles. The molecular formula is C13H18F3N3O. The van der Waals surface area contributed by atoms with Crippen molar-refractivity contribution >= 4 is 5.82 Å². The fourth-order valence-electron chi connectivity index (χ4n) is 2.30. The molecule has 1 aliphatic rings. The lowest BCUT2D eigenvalue weighted by molar-refractivity contribution is -0.137. The van der Waals surface area contributed by atoms with E-state index in [2.05, 4.69) is 4.98 Å². The molecule has 2 rings (SSSR count). The van der Waals surface area contributed by atoms with Gasteiger partial charge in [-0.2, -0.15) is 13.2 Å². The fourth-order valence-corrected chi connectivity index (χ4v) is 2.30. The zero-order valence-electron chi connectivity index (χ0n) is 11.5. The molecule has 0 bridgehead atoms. The standard InChI is InChI=1S/C13H18F3N3O/c1-18(2)8-10-9-19(6-7-20-10)12-11(13(14,15)16)4-3-5-17-12/h3-5,10H,6-9H2,1-2H3. The first kappa shape index (κ1) is 15.1. The number of halogens is 3. The third kappa shape index (κ3) is 3.61. The van der Waals surface area contributed by atoms with E-state index in [0.717, 1.165) is 6.07 Å². The van der Waals surface area contributed by atoms with Gasteiger partial charge in [0.15, 0.2) is 0 Å². The maximum absolute atomic E-state index is 13.0. The number of pyridine rings is 1. The summed E-state index contributed by atoms with van der Waals surface area (Å²) in [6.45, 7) is 1.92. The van der Waals surface area contributed by atoms with Crippen molar-refractivity contribution in [3.63, 3.8) is 0 Å². The average molecular weight is 289 g/mol. The molecule has 0 amide bonds. The lowest BCUT2D eigenvalue weighted by atomic mass is 10.2. The highest BCUT2D eigenvalue weighted by atomic mass is 19.4. The Morgan fingerprint density at radius 1 is 1.45 bits per heavy atom. The third-order valence-corrected chi connectivity index (χ3v) is 3.10. The Kier molecular flexibility index (Phi) is 4.49. The molecule has 1 aromatic heterocycles. The predicted molar refractivity (Wildman–Crippen MR) is 69.7 cm³/mol. The van der Waals surface area contributed by atoms with E-state index in [1.807, 2.05) is 19.0 Å². The van der Waals surface area contributed by atoms with Gasteiger partial charge in [-0.25, -0.2) is 4.98 Å². The fraction of sp³-hybridized carbons (Fsp3) is 0.615. The molecule has 7 heteroatoms. The van der Waals surface area contributed by atoms with E-state index in [9.17, 15) is 13.2 Å². The quantitative estimate of drug-likeness (QED) is 0.849. The van der Waals surface area contributed by atoms with Crippen LogP contribution >= 0.6 is 0 Å². The van der Waals surface area contributed by atoms with Gasteiger partial charge in [0, 0.05) is 25.8 Å². The van der Waals surface area contributed by atoms with Crippen LogP contribution in [-0.2, 0) is 10.9 Å². The molecule has 0 radical (unpaired) electrons. The molecule has 112 valence electrons. The summed E-state index contributed by atoms with van der Waals surface area (Å²) in [5.41, 5.74) is -0.689. The maximum Gasteiger partial charge on any atom is 0.419 e. The highest BCUT2D eigenvalue weighted by Gasteiger charge is 2.36. The van der Waals surface area contributed by atoms with Crippen LogP contribution in [0, 0.1) is 0 Å². The number of likely N-dealkylation sites (N-methyl/N-ethyl adjacent to an activating group) is 1. The molecule has 0 N–H and O–H groups in total. The van der Waals surface area contributed by atoms with Gasteiger partial charge in [0.05, 0.1) is 18.3 Å². The number of morpholine rings is 1. The second-order valence-electron chi connectivity index (χ2n) is 5.07. The Balaban J connectivity index is 2.19. The van der Waals surface area contributed by atoms with Crippen molar-refractivity contribution in [3.8, 4) is 0 Å². The number of aromatic nitrogens is 1. The van der Waals surface area contributed by atoms with Crippen molar-refractivity contribution in [2.45, 2.75) is 12.3 Å². The summed E-state index contributed by atoms with van der Waals surface area (Å²) >= 11 is 0. The summed E-state index contributed by atoms with van der Waals surface area (Å²) in [6.07, 6.45) is -3.11. The predicted octanol–water partition coefficient (Wildman–Crippen LogP) is 1.87. The van der Waals surface area contributed by atoms with E-state index in [4.69, 9.17) is 4.74 Å². The summed E-state index contributed by atoms with van der Waals surface area (Å²) in [5.74, 6) is -0.00736. The highest BCUT2D eigenvalue weighted by Crippen LogP contribution is 2.35. The minimum atomic E-state index is -4.39. The molecule has 2 heterocycles. The van der Waals surface area contributed by atoms with Gasteiger partial charge in [0.25, 0.3) is 0 Å². The number of rotatable bonds is 3. The van der Waals surface area contributed by atoms with Gasteiger partial charge in [-0.05, 0) is 26.2 Å². The second kappa shape index (κ2) is 5.97. The highest BCUT2D eigenvalue weighted by molar-refractivity contribution is 5.48. The number of anilines is 1. The van der Waals surface area contributed by atoms with Crippen molar-refractivity contribution in [1.82, 2.24) is 9.88 Å². The molecule has 0 aliphatic carbocycles. The third-order valence-electron chi connectivity index (χ3n) is 3.10. The van der Waals surface area contributed by atoms with Crippen molar-refractivity contribution < 1.29 is 17.9 Å². The van der Waals surface area contributed by atoms with Crippen LogP contribution in [0.5, 0.6) is 0 Å². The van der Waals surface area contributed by atoms with Crippen LogP contribution < -0.4 is 4.90 Å². The Morgan fingerprint density at radius 2 is 2.20 bits per heavy atom. The first-order valence-corrected chi connectivity index (χ1v) is 6.41. The molecular weight excluding hydrogens is 271 g/mol. The van der Waals surface area contributed by atoms with Crippen molar-refractivity contribution in [2.75, 3.05) is 45.2 Å². The molecule has 1 saturated heterocycles. The van der Waals surface area contributed by atoms with Crippen LogP contribution in [0.3, 0.4) is 0 Å². The van der Waals surface area contributed by atoms with E-state index >= 15 is 0 Å². The Labute approximate surface area is 116 Å². The first-order chi connectivity index (χ1) is 9.38. The Bertz CT molecular complexity index is 451. The Hall–Kier alpha value is -1.34. The summed E-state index contributed by atoms with van der Waals surface area (Å²) in [6, 6.07) is 2.38. The molecule has 1 aliphatic heterocycles. The van der Waals surface area contributed by atoms with Crippen molar-refractivity contribution in [3.05, 3.63) is 23.9 Å². The van der Waals surface area contributed by atoms with Crippen LogP contribution in [0.4, 0.5) is 19.0 Å². The zero-order valence-corrected chi connectivity index (χ0v) is 11.5. The molecule has 1 aromatic rings. The van der Waals surface area contributed by atoms with E-state index in [0.29, 0.717) is 26.2 Å². The monoisotopic (exact) mass is 289 g/mol. The van der Waals surface area contributed by atoms with E-state index in [-0.39, 0.29) is 11.9 Å².